The smallest absolute Gasteiger partial charge is 0.143 e. The topological polar surface area (TPSA) is 16.4 Å². The average Bonchev–Trinajstić information content (AvgIpc) is 3.93. The summed E-state index contributed by atoms with van der Waals surface area (Å²) in [5.74, 6) is 0. The summed E-state index contributed by atoms with van der Waals surface area (Å²) < 4.78 is 9.64. The first-order valence-corrected chi connectivity index (χ1v) is 21.6. The number of fused-ring (bicyclic) bond motifs is 13. The van der Waals surface area contributed by atoms with Gasteiger partial charge in [0.25, 0.3) is 0 Å². The summed E-state index contributed by atoms with van der Waals surface area (Å²) >= 11 is 1.87. The van der Waals surface area contributed by atoms with Crippen molar-refractivity contribution in [1.29, 1.82) is 0 Å². The number of thiophene rings is 1. The lowest BCUT2D eigenvalue weighted by Crippen LogP contribution is -2.16. The molecule has 0 amide bonds. The van der Waals surface area contributed by atoms with Crippen molar-refractivity contribution in [1.82, 2.24) is 0 Å². The predicted octanol–water partition coefficient (Wildman–Crippen LogP) is 16.9. The molecule has 0 bridgehead atoms. The highest BCUT2D eigenvalue weighted by Crippen LogP contribution is 2.53. The third-order valence-electron chi connectivity index (χ3n) is 13.2. The molecule has 0 aliphatic heterocycles. The van der Waals surface area contributed by atoms with Gasteiger partial charge in [-0.25, -0.2) is 0 Å². The van der Waals surface area contributed by atoms with Crippen molar-refractivity contribution in [2.45, 2.75) is 19.3 Å². The standard InChI is InChI=1S/C57H37NOS/c1-57(2)49-23-11-9-20-42(49)43-28-26-37(33-50(43)57)58(51-24-13-22-45-44-21-10-12-25-53(44)60-56(45)51)36-27-29-52-46(32-36)48-31-35-15-4-6-17-39(35)54(55(48)59-52)47-30-34-14-3-5-16-38(34)40-18-7-8-19-41(40)47/h3-33H,1-2H3. The molecule has 0 saturated carbocycles. The summed E-state index contributed by atoms with van der Waals surface area (Å²) in [6, 6.07) is 69.3. The van der Waals surface area contributed by atoms with Crippen molar-refractivity contribution in [3.63, 3.8) is 0 Å². The lowest BCUT2D eigenvalue weighted by atomic mass is 9.82. The van der Waals surface area contributed by atoms with E-state index in [1.807, 2.05) is 11.3 Å². The first kappa shape index (κ1) is 33.7. The van der Waals surface area contributed by atoms with Crippen LogP contribution >= 0.6 is 11.3 Å². The largest absolute Gasteiger partial charge is 0.455 e. The second-order valence-corrected chi connectivity index (χ2v) is 17.9. The molecule has 2 aromatic heterocycles. The molecule has 1 aliphatic rings. The van der Waals surface area contributed by atoms with E-state index in [4.69, 9.17) is 4.42 Å². The van der Waals surface area contributed by atoms with Crippen molar-refractivity contribution < 1.29 is 4.42 Å². The number of nitrogens with zero attached hydrogens (tertiary/aromatic N) is 1. The molecule has 3 heteroatoms. The maximum Gasteiger partial charge on any atom is 0.143 e. The van der Waals surface area contributed by atoms with E-state index in [0.717, 1.165) is 38.9 Å². The number of furan rings is 1. The van der Waals surface area contributed by atoms with E-state index >= 15 is 0 Å². The van der Waals surface area contributed by atoms with Gasteiger partial charge in [0.05, 0.1) is 10.4 Å². The Balaban J connectivity index is 1.09. The zero-order valence-corrected chi connectivity index (χ0v) is 34.0. The van der Waals surface area contributed by atoms with Crippen LogP contribution in [-0.2, 0) is 5.41 Å². The maximum atomic E-state index is 7.07. The SMILES string of the molecule is CC1(C)c2ccccc2-c2ccc(N(c3ccc4oc5c(-c6cc7ccccc7c7ccccc67)c6ccccc6cc5c4c3)c3cccc4c3sc3ccccc34)cc21. The Kier molecular flexibility index (Phi) is 6.98. The van der Waals surface area contributed by atoms with E-state index in [0.29, 0.717) is 0 Å². The number of hydrogen-bond donors (Lipinski definition) is 0. The van der Waals surface area contributed by atoms with Crippen LogP contribution in [0.1, 0.15) is 25.0 Å². The number of anilines is 3. The predicted molar refractivity (Wildman–Crippen MR) is 257 cm³/mol. The molecule has 1 aliphatic carbocycles. The highest BCUT2D eigenvalue weighted by Gasteiger charge is 2.36. The first-order valence-electron chi connectivity index (χ1n) is 20.7. The van der Waals surface area contributed by atoms with Gasteiger partial charge in [-0.1, -0.05) is 147 Å². The molecule has 2 heterocycles. The van der Waals surface area contributed by atoms with Gasteiger partial charge < -0.3 is 9.32 Å². The molecule has 0 spiro atoms. The molecule has 0 radical (unpaired) electrons. The Hall–Kier alpha value is -7.20. The Labute approximate surface area is 351 Å². The Morgan fingerprint density at radius 1 is 0.433 bits per heavy atom. The van der Waals surface area contributed by atoms with E-state index < -0.39 is 0 Å². The van der Waals surface area contributed by atoms with E-state index in [-0.39, 0.29) is 5.41 Å². The maximum absolute atomic E-state index is 7.07. The number of hydrogen-bond acceptors (Lipinski definition) is 3. The minimum Gasteiger partial charge on any atom is -0.455 e. The van der Waals surface area contributed by atoms with Crippen LogP contribution < -0.4 is 4.90 Å². The zero-order valence-electron chi connectivity index (χ0n) is 33.2. The molecule has 0 saturated heterocycles. The fourth-order valence-corrected chi connectivity index (χ4v) is 11.6. The van der Waals surface area contributed by atoms with Crippen LogP contribution in [0.3, 0.4) is 0 Å². The summed E-state index contributed by atoms with van der Waals surface area (Å²) in [5, 5.41) is 12.1. The van der Waals surface area contributed by atoms with Crippen molar-refractivity contribution in [2.75, 3.05) is 4.90 Å². The highest BCUT2D eigenvalue weighted by molar-refractivity contribution is 7.26. The molecule has 10 aromatic carbocycles. The van der Waals surface area contributed by atoms with Gasteiger partial charge in [-0.15, -0.1) is 11.3 Å². The summed E-state index contributed by atoms with van der Waals surface area (Å²) in [6.07, 6.45) is 0. The summed E-state index contributed by atoms with van der Waals surface area (Å²) in [4.78, 5) is 2.48. The minimum atomic E-state index is -0.133. The van der Waals surface area contributed by atoms with Gasteiger partial charge in [-0.3, -0.25) is 0 Å². The lowest BCUT2D eigenvalue weighted by molar-refractivity contribution is 0.660. The third kappa shape index (κ3) is 4.70. The molecular weight excluding hydrogens is 747 g/mol. The van der Waals surface area contributed by atoms with Crippen LogP contribution in [0.2, 0.25) is 0 Å². The number of rotatable bonds is 4. The van der Waals surface area contributed by atoms with E-state index in [1.165, 1.54) is 86.0 Å². The summed E-state index contributed by atoms with van der Waals surface area (Å²) in [7, 11) is 0. The molecule has 12 aromatic rings. The van der Waals surface area contributed by atoms with Gasteiger partial charge in [0.1, 0.15) is 11.2 Å². The second-order valence-electron chi connectivity index (χ2n) is 16.8. The zero-order chi connectivity index (χ0) is 39.7. The van der Waals surface area contributed by atoms with Crippen LogP contribution in [0.25, 0.3) is 96.7 Å². The Bertz CT molecular complexity index is 3770. The van der Waals surface area contributed by atoms with Crippen LogP contribution in [-0.4, -0.2) is 0 Å². The molecule has 2 nitrogen and oxygen atoms in total. The molecule has 0 N–H and O–H groups in total. The molecule has 60 heavy (non-hydrogen) atoms. The fourth-order valence-electron chi connectivity index (χ4n) is 10.4. The number of benzene rings is 10. The molecular formula is C57H37NOS. The monoisotopic (exact) mass is 783 g/mol. The van der Waals surface area contributed by atoms with E-state index in [9.17, 15) is 0 Å². The van der Waals surface area contributed by atoms with E-state index in [2.05, 4.69) is 207 Å². The fraction of sp³-hybridized carbons (Fsp3) is 0.0526. The van der Waals surface area contributed by atoms with Crippen LogP contribution in [0.5, 0.6) is 0 Å². The van der Waals surface area contributed by atoms with E-state index in [1.54, 1.807) is 0 Å². The molecule has 282 valence electrons. The minimum absolute atomic E-state index is 0.133. The van der Waals surface area contributed by atoms with Crippen molar-refractivity contribution >= 4 is 103 Å². The van der Waals surface area contributed by atoms with Gasteiger partial charge in [0, 0.05) is 48.6 Å². The van der Waals surface area contributed by atoms with Crippen molar-refractivity contribution in [3.05, 3.63) is 199 Å². The van der Waals surface area contributed by atoms with Crippen LogP contribution in [0.4, 0.5) is 17.1 Å². The average molecular weight is 784 g/mol. The van der Waals surface area contributed by atoms with Crippen molar-refractivity contribution in [2.24, 2.45) is 0 Å². The Morgan fingerprint density at radius 2 is 1.08 bits per heavy atom. The normalized spacial score (nSPS) is 13.3. The van der Waals surface area contributed by atoms with Gasteiger partial charge in [0.2, 0.25) is 0 Å². The third-order valence-corrected chi connectivity index (χ3v) is 14.4. The van der Waals surface area contributed by atoms with Gasteiger partial charge in [-0.2, -0.15) is 0 Å². The Morgan fingerprint density at radius 3 is 1.95 bits per heavy atom. The van der Waals surface area contributed by atoms with Gasteiger partial charge in [0.15, 0.2) is 0 Å². The molecule has 0 unspecified atom stereocenters. The molecule has 13 rings (SSSR count). The first-order chi connectivity index (χ1) is 29.5. The van der Waals surface area contributed by atoms with Crippen LogP contribution in [0, 0.1) is 0 Å². The quantitative estimate of drug-likeness (QED) is 0.165. The summed E-state index contributed by atoms with van der Waals surface area (Å²) in [6.45, 7) is 4.73. The van der Waals surface area contributed by atoms with Gasteiger partial charge >= 0.3 is 0 Å². The van der Waals surface area contributed by atoms with Gasteiger partial charge in [-0.05, 0) is 115 Å². The molecule has 0 atom stereocenters. The second kappa shape index (κ2) is 12.4. The molecule has 0 fully saturated rings. The van der Waals surface area contributed by atoms with Crippen molar-refractivity contribution in [3.8, 4) is 22.3 Å². The lowest BCUT2D eigenvalue weighted by Gasteiger charge is -2.28. The highest BCUT2D eigenvalue weighted by atomic mass is 32.1. The van der Waals surface area contributed by atoms with Crippen LogP contribution in [0.15, 0.2) is 192 Å². The summed E-state index contributed by atoms with van der Waals surface area (Å²) in [5.41, 5.74) is 12.8.